The number of hydrogen-bond donors (Lipinski definition) is 2. The number of thiophene rings is 1. The van der Waals surface area contributed by atoms with Gasteiger partial charge in [-0.3, -0.25) is 14.5 Å². The largest absolute Gasteiger partial charge is 0.379 e. The van der Waals surface area contributed by atoms with Crippen LogP contribution >= 0.6 is 11.3 Å². The van der Waals surface area contributed by atoms with Gasteiger partial charge in [-0.15, -0.1) is 11.3 Å². The minimum absolute atomic E-state index is 0.0385. The highest BCUT2D eigenvalue weighted by molar-refractivity contribution is 7.12. The smallest absolute Gasteiger partial charge is 0.261 e. The third-order valence-corrected chi connectivity index (χ3v) is 5.10. The fourth-order valence-electron chi connectivity index (χ4n) is 2.86. The molecule has 2 aromatic rings. The molecule has 2 heterocycles. The van der Waals surface area contributed by atoms with Crippen LogP contribution in [0.3, 0.4) is 0 Å². The molecule has 0 aliphatic carbocycles. The molecular weight excluding hydrogens is 350 g/mol. The molecule has 3 rings (SSSR count). The molecule has 26 heavy (non-hydrogen) atoms. The van der Waals surface area contributed by atoms with E-state index >= 15 is 0 Å². The van der Waals surface area contributed by atoms with Crippen LogP contribution in [0.5, 0.6) is 0 Å². The summed E-state index contributed by atoms with van der Waals surface area (Å²) in [5.74, 6) is -0.420. The van der Waals surface area contributed by atoms with Crippen LogP contribution in [-0.2, 0) is 9.53 Å². The van der Waals surface area contributed by atoms with Gasteiger partial charge in [0, 0.05) is 19.6 Å². The van der Waals surface area contributed by atoms with E-state index < -0.39 is 0 Å². The van der Waals surface area contributed by atoms with Gasteiger partial charge in [0.05, 0.1) is 30.7 Å². The third-order valence-electron chi connectivity index (χ3n) is 4.24. The molecule has 1 atom stereocenters. The predicted molar refractivity (Wildman–Crippen MR) is 101 cm³/mol. The fourth-order valence-corrected chi connectivity index (χ4v) is 3.50. The monoisotopic (exact) mass is 373 g/mol. The first-order valence-electron chi connectivity index (χ1n) is 8.68. The van der Waals surface area contributed by atoms with E-state index in [1.807, 2.05) is 41.8 Å². The van der Waals surface area contributed by atoms with Crippen LogP contribution in [0.15, 0.2) is 47.8 Å². The second kappa shape index (κ2) is 9.47. The van der Waals surface area contributed by atoms with Gasteiger partial charge >= 0.3 is 0 Å². The first-order chi connectivity index (χ1) is 12.7. The van der Waals surface area contributed by atoms with Crippen LogP contribution in [0.4, 0.5) is 0 Å². The van der Waals surface area contributed by atoms with Crippen molar-refractivity contribution >= 4 is 23.2 Å². The number of benzene rings is 1. The molecule has 1 fully saturated rings. The highest BCUT2D eigenvalue weighted by Gasteiger charge is 2.20. The zero-order valence-corrected chi connectivity index (χ0v) is 15.3. The van der Waals surface area contributed by atoms with Crippen molar-refractivity contribution in [3.8, 4) is 0 Å². The number of morpholine rings is 1. The lowest BCUT2D eigenvalue weighted by molar-refractivity contribution is -0.121. The van der Waals surface area contributed by atoms with Gasteiger partial charge in [-0.2, -0.15) is 0 Å². The summed E-state index contributed by atoms with van der Waals surface area (Å²) in [6, 6.07) is 13.3. The standard InChI is InChI=1S/C19H23N3O3S/c23-18(13-20-19(24)17-7-4-12-26-17)21-16(15-5-2-1-3-6-15)14-22-8-10-25-11-9-22/h1-7,12,16H,8-11,13-14H2,(H,20,24)(H,21,23). The van der Waals surface area contributed by atoms with Crippen LogP contribution in [-0.4, -0.2) is 56.1 Å². The van der Waals surface area contributed by atoms with Gasteiger partial charge in [0.25, 0.3) is 5.91 Å². The van der Waals surface area contributed by atoms with E-state index in [1.54, 1.807) is 6.07 Å². The molecule has 1 aromatic carbocycles. The van der Waals surface area contributed by atoms with Gasteiger partial charge in [0.2, 0.25) is 5.91 Å². The zero-order valence-electron chi connectivity index (χ0n) is 14.5. The number of nitrogens with zero attached hydrogens (tertiary/aromatic N) is 1. The molecule has 7 heteroatoms. The van der Waals surface area contributed by atoms with Crippen molar-refractivity contribution in [2.45, 2.75) is 6.04 Å². The Morgan fingerprint density at radius 3 is 2.58 bits per heavy atom. The molecule has 0 radical (unpaired) electrons. The van der Waals surface area contributed by atoms with Crippen molar-refractivity contribution in [1.82, 2.24) is 15.5 Å². The summed E-state index contributed by atoms with van der Waals surface area (Å²) in [7, 11) is 0. The van der Waals surface area contributed by atoms with Crippen molar-refractivity contribution in [3.63, 3.8) is 0 Å². The van der Waals surface area contributed by atoms with E-state index in [0.29, 0.717) is 18.1 Å². The molecule has 6 nitrogen and oxygen atoms in total. The van der Waals surface area contributed by atoms with E-state index in [0.717, 1.165) is 25.2 Å². The summed E-state index contributed by atoms with van der Waals surface area (Å²) < 4.78 is 5.39. The third kappa shape index (κ3) is 5.39. The fraction of sp³-hybridized carbons (Fsp3) is 0.368. The van der Waals surface area contributed by atoms with Gasteiger partial charge in [-0.25, -0.2) is 0 Å². The van der Waals surface area contributed by atoms with Crippen LogP contribution in [0.25, 0.3) is 0 Å². The maximum absolute atomic E-state index is 12.4. The molecule has 1 unspecified atom stereocenters. The molecule has 138 valence electrons. The molecule has 1 aliphatic heterocycles. The van der Waals surface area contributed by atoms with Crippen LogP contribution in [0.1, 0.15) is 21.3 Å². The number of amides is 2. The van der Waals surface area contributed by atoms with Gasteiger partial charge in [0.15, 0.2) is 0 Å². The lowest BCUT2D eigenvalue weighted by Crippen LogP contribution is -2.45. The minimum atomic E-state index is -0.223. The minimum Gasteiger partial charge on any atom is -0.379 e. The van der Waals surface area contributed by atoms with E-state index in [1.165, 1.54) is 11.3 Å². The van der Waals surface area contributed by atoms with Gasteiger partial charge in [0.1, 0.15) is 0 Å². The summed E-state index contributed by atoms with van der Waals surface area (Å²) in [6.45, 7) is 3.82. The molecule has 1 aromatic heterocycles. The van der Waals surface area contributed by atoms with E-state index in [2.05, 4.69) is 15.5 Å². The summed E-state index contributed by atoms with van der Waals surface area (Å²) in [4.78, 5) is 27.2. The van der Waals surface area contributed by atoms with Gasteiger partial charge in [-0.1, -0.05) is 36.4 Å². The molecule has 2 amide bonds. The quantitative estimate of drug-likeness (QED) is 0.775. The summed E-state index contributed by atoms with van der Waals surface area (Å²) in [6.07, 6.45) is 0. The van der Waals surface area contributed by atoms with E-state index in [9.17, 15) is 9.59 Å². The molecule has 1 saturated heterocycles. The SMILES string of the molecule is O=C(CNC(=O)c1cccs1)NC(CN1CCOCC1)c1ccccc1. The Hall–Kier alpha value is -2.22. The molecule has 1 aliphatic rings. The first-order valence-corrected chi connectivity index (χ1v) is 9.56. The van der Waals surface area contributed by atoms with Crippen molar-refractivity contribution in [2.24, 2.45) is 0 Å². The Morgan fingerprint density at radius 2 is 1.88 bits per heavy atom. The van der Waals surface area contributed by atoms with Gasteiger partial charge in [-0.05, 0) is 17.0 Å². The average Bonchev–Trinajstić information content (AvgIpc) is 3.22. The zero-order chi connectivity index (χ0) is 18.2. The highest BCUT2D eigenvalue weighted by atomic mass is 32.1. The maximum atomic E-state index is 12.4. The van der Waals surface area contributed by atoms with Crippen LogP contribution in [0, 0.1) is 0 Å². The molecule has 2 N–H and O–H groups in total. The van der Waals surface area contributed by atoms with Crippen molar-refractivity contribution < 1.29 is 14.3 Å². The van der Waals surface area contributed by atoms with Crippen molar-refractivity contribution in [3.05, 3.63) is 58.3 Å². The predicted octanol–water partition coefficient (Wildman–Crippen LogP) is 1.67. The number of ether oxygens (including phenoxy) is 1. The second-order valence-electron chi connectivity index (χ2n) is 6.10. The highest BCUT2D eigenvalue weighted by Crippen LogP contribution is 2.15. The molecule has 0 saturated carbocycles. The number of carbonyl (C=O) groups is 2. The Bertz CT molecular complexity index is 700. The topological polar surface area (TPSA) is 70.7 Å². The number of rotatable bonds is 7. The number of carbonyl (C=O) groups excluding carboxylic acids is 2. The Labute approximate surface area is 157 Å². The van der Waals surface area contributed by atoms with E-state index in [4.69, 9.17) is 4.74 Å². The summed E-state index contributed by atoms with van der Waals surface area (Å²) in [5, 5.41) is 7.56. The average molecular weight is 373 g/mol. The van der Waals surface area contributed by atoms with Crippen molar-refractivity contribution in [1.29, 1.82) is 0 Å². The maximum Gasteiger partial charge on any atom is 0.261 e. The molecule has 0 bridgehead atoms. The Kier molecular flexibility index (Phi) is 6.76. The Morgan fingerprint density at radius 1 is 1.12 bits per heavy atom. The number of nitrogens with one attached hydrogen (secondary N) is 2. The van der Waals surface area contributed by atoms with Crippen LogP contribution < -0.4 is 10.6 Å². The Balaban J connectivity index is 1.57. The normalized spacial score (nSPS) is 16.0. The first kappa shape index (κ1) is 18.6. The van der Waals surface area contributed by atoms with E-state index in [-0.39, 0.29) is 24.4 Å². The number of hydrogen-bond acceptors (Lipinski definition) is 5. The second-order valence-corrected chi connectivity index (χ2v) is 7.05. The summed E-state index contributed by atoms with van der Waals surface area (Å²) >= 11 is 1.35. The molecule has 0 spiro atoms. The lowest BCUT2D eigenvalue weighted by atomic mass is 10.1. The van der Waals surface area contributed by atoms with Gasteiger partial charge < -0.3 is 15.4 Å². The molecular formula is C19H23N3O3S. The van der Waals surface area contributed by atoms with Crippen LogP contribution in [0.2, 0.25) is 0 Å². The van der Waals surface area contributed by atoms with Crippen molar-refractivity contribution in [2.75, 3.05) is 39.4 Å². The summed E-state index contributed by atoms with van der Waals surface area (Å²) in [5.41, 5.74) is 1.05. The lowest BCUT2D eigenvalue weighted by Gasteiger charge is -2.31.